The smallest absolute Gasteiger partial charge is 0.231 e. The van der Waals surface area contributed by atoms with Crippen LogP contribution in [-0.2, 0) is 6.54 Å². The average Bonchev–Trinajstić information content (AvgIpc) is 3.40. The summed E-state index contributed by atoms with van der Waals surface area (Å²) in [6, 6.07) is 16.2. The van der Waals surface area contributed by atoms with E-state index in [1.165, 1.54) is 10.9 Å². The Kier molecular flexibility index (Phi) is 3.31. The van der Waals surface area contributed by atoms with Gasteiger partial charge >= 0.3 is 0 Å². The molecule has 0 fully saturated rings. The van der Waals surface area contributed by atoms with Crippen LogP contribution in [0.3, 0.4) is 0 Å². The fourth-order valence-corrected chi connectivity index (χ4v) is 3.20. The van der Waals surface area contributed by atoms with Crippen LogP contribution in [0, 0.1) is 0 Å². The van der Waals surface area contributed by atoms with Crippen LogP contribution in [0.4, 0.5) is 0 Å². The predicted octanol–water partition coefficient (Wildman–Crippen LogP) is 3.77. The maximum atomic E-state index is 5.52. The van der Waals surface area contributed by atoms with Gasteiger partial charge in [-0.15, -0.1) is 0 Å². The van der Waals surface area contributed by atoms with Crippen molar-refractivity contribution in [1.82, 2.24) is 30.1 Å². The van der Waals surface area contributed by atoms with Crippen LogP contribution in [0.2, 0.25) is 0 Å². The second-order valence-electron chi connectivity index (χ2n) is 6.41. The quantitative estimate of drug-likeness (QED) is 0.536. The number of fused-ring (bicyclic) bond motifs is 2. The molecule has 0 aliphatic heterocycles. The molecule has 0 saturated carbocycles. The van der Waals surface area contributed by atoms with Crippen molar-refractivity contribution in [2.24, 2.45) is 0 Å². The van der Waals surface area contributed by atoms with Gasteiger partial charge in [0.05, 0.1) is 5.92 Å². The van der Waals surface area contributed by atoms with E-state index >= 15 is 0 Å². The monoisotopic (exact) mass is 344 g/mol. The molecule has 0 unspecified atom stereocenters. The lowest BCUT2D eigenvalue weighted by atomic mass is 10.1. The maximum absolute atomic E-state index is 5.52. The minimum absolute atomic E-state index is 0.0998. The van der Waals surface area contributed by atoms with Crippen LogP contribution >= 0.6 is 0 Å². The van der Waals surface area contributed by atoms with Gasteiger partial charge in [-0.25, -0.2) is 0 Å². The van der Waals surface area contributed by atoms with E-state index in [0.717, 1.165) is 23.1 Å². The Morgan fingerprint density at radius 1 is 1.08 bits per heavy atom. The largest absolute Gasteiger partial charge is 0.347 e. The molecule has 0 spiro atoms. The number of hydrogen-bond donors (Lipinski definition) is 1. The SMILES string of the molecule is C[C@@H](Cn1ccc2ccccc21)c1nc(-c2ccc3n[nH]nc3c2)no1. The molecule has 0 amide bonds. The number of H-pyrrole nitrogens is 1. The highest BCUT2D eigenvalue weighted by Crippen LogP contribution is 2.24. The number of para-hydroxylation sites is 1. The van der Waals surface area contributed by atoms with Gasteiger partial charge in [0.25, 0.3) is 0 Å². The lowest BCUT2D eigenvalue weighted by Crippen LogP contribution is -2.05. The van der Waals surface area contributed by atoms with E-state index in [0.29, 0.717) is 11.7 Å². The first-order valence-electron chi connectivity index (χ1n) is 8.46. The molecule has 1 N–H and O–H groups in total. The Hall–Kier alpha value is -3.48. The molecule has 5 aromatic rings. The van der Waals surface area contributed by atoms with E-state index in [-0.39, 0.29) is 5.92 Å². The summed E-state index contributed by atoms with van der Waals surface area (Å²) >= 11 is 0. The van der Waals surface area contributed by atoms with Gasteiger partial charge < -0.3 is 9.09 Å². The number of hydrogen-bond acceptors (Lipinski definition) is 5. The van der Waals surface area contributed by atoms with Crippen molar-refractivity contribution in [3.8, 4) is 11.4 Å². The second kappa shape index (κ2) is 5.80. The van der Waals surface area contributed by atoms with Crippen molar-refractivity contribution >= 4 is 21.9 Å². The number of nitrogens with one attached hydrogen (secondary N) is 1. The number of benzene rings is 2. The number of aromatic amines is 1. The normalized spacial score (nSPS) is 12.8. The molecule has 7 heteroatoms. The zero-order valence-electron chi connectivity index (χ0n) is 14.1. The van der Waals surface area contributed by atoms with E-state index in [1.54, 1.807) is 0 Å². The van der Waals surface area contributed by atoms with Gasteiger partial charge in [0, 0.05) is 23.8 Å². The molecule has 3 aromatic heterocycles. The predicted molar refractivity (Wildman–Crippen MR) is 97.5 cm³/mol. The Bertz CT molecular complexity index is 1200. The summed E-state index contributed by atoms with van der Waals surface area (Å²) in [5, 5.41) is 16.1. The van der Waals surface area contributed by atoms with Gasteiger partial charge in [-0.1, -0.05) is 30.3 Å². The number of nitrogens with zero attached hydrogens (tertiary/aromatic N) is 5. The molecular formula is C19H16N6O. The van der Waals surface area contributed by atoms with Crippen molar-refractivity contribution in [2.75, 3.05) is 0 Å². The molecular weight excluding hydrogens is 328 g/mol. The third-order valence-electron chi connectivity index (χ3n) is 4.59. The number of rotatable bonds is 4. The van der Waals surface area contributed by atoms with Gasteiger partial charge in [-0.3, -0.25) is 0 Å². The fraction of sp³-hybridized carbons (Fsp3) is 0.158. The molecule has 2 aromatic carbocycles. The fourth-order valence-electron chi connectivity index (χ4n) is 3.20. The Labute approximate surface area is 148 Å². The summed E-state index contributed by atoms with van der Waals surface area (Å²) in [5.74, 6) is 1.29. The highest BCUT2D eigenvalue weighted by Gasteiger charge is 2.17. The Balaban J connectivity index is 1.42. The first-order valence-corrected chi connectivity index (χ1v) is 8.46. The molecule has 0 aliphatic carbocycles. The van der Waals surface area contributed by atoms with Crippen LogP contribution in [0.15, 0.2) is 59.3 Å². The van der Waals surface area contributed by atoms with Crippen molar-refractivity contribution in [3.63, 3.8) is 0 Å². The number of aromatic nitrogens is 6. The van der Waals surface area contributed by atoms with Crippen LogP contribution < -0.4 is 0 Å². The maximum Gasteiger partial charge on any atom is 0.231 e. The van der Waals surface area contributed by atoms with Gasteiger partial charge in [0.1, 0.15) is 11.0 Å². The molecule has 5 rings (SSSR count). The van der Waals surface area contributed by atoms with Gasteiger partial charge in [0.2, 0.25) is 11.7 Å². The molecule has 7 nitrogen and oxygen atoms in total. The van der Waals surface area contributed by atoms with E-state index in [9.17, 15) is 0 Å². The van der Waals surface area contributed by atoms with E-state index in [4.69, 9.17) is 4.52 Å². The Morgan fingerprint density at radius 3 is 2.92 bits per heavy atom. The second-order valence-corrected chi connectivity index (χ2v) is 6.41. The minimum atomic E-state index is 0.0998. The third kappa shape index (κ3) is 2.45. The van der Waals surface area contributed by atoms with Crippen molar-refractivity contribution in [3.05, 3.63) is 60.6 Å². The van der Waals surface area contributed by atoms with Crippen LogP contribution in [0.1, 0.15) is 18.7 Å². The molecule has 26 heavy (non-hydrogen) atoms. The molecule has 0 bridgehead atoms. The van der Waals surface area contributed by atoms with Crippen molar-refractivity contribution < 1.29 is 4.52 Å². The summed E-state index contributed by atoms with van der Waals surface area (Å²) in [5.41, 5.74) is 3.65. The molecule has 0 radical (unpaired) electrons. The highest BCUT2D eigenvalue weighted by molar-refractivity contribution is 5.80. The van der Waals surface area contributed by atoms with Gasteiger partial charge in [-0.05, 0) is 35.7 Å². The Morgan fingerprint density at radius 2 is 1.96 bits per heavy atom. The first kappa shape index (κ1) is 14.8. The van der Waals surface area contributed by atoms with Crippen LogP contribution in [0.5, 0.6) is 0 Å². The van der Waals surface area contributed by atoms with Crippen molar-refractivity contribution in [2.45, 2.75) is 19.4 Å². The van der Waals surface area contributed by atoms with Crippen molar-refractivity contribution in [1.29, 1.82) is 0 Å². The zero-order valence-corrected chi connectivity index (χ0v) is 14.1. The van der Waals surface area contributed by atoms with Gasteiger partial charge in [0.15, 0.2) is 0 Å². The molecule has 0 saturated heterocycles. The third-order valence-corrected chi connectivity index (χ3v) is 4.59. The summed E-state index contributed by atoms with van der Waals surface area (Å²) in [4.78, 5) is 4.58. The molecule has 128 valence electrons. The average molecular weight is 344 g/mol. The van der Waals surface area contributed by atoms with Crippen LogP contribution in [0.25, 0.3) is 33.3 Å². The highest BCUT2D eigenvalue weighted by atomic mass is 16.5. The van der Waals surface area contributed by atoms with E-state index < -0.39 is 0 Å². The molecule has 1 atom stereocenters. The first-order chi connectivity index (χ1) is 12.8. The van der Waals surface area contributed by atoms with E-state index in [2.05, 4.69) is 61.4 Å². The molecule has 0 aliphatic rings. The summed E-state index contributed by atoms with van der Waals surface area (Å²) in [7, 11) is 0. The van der Waals surface area contributed by atoms with Gasteiger partial charge in [-0.2, -0.15) is 20.4 Å². The zero-order chi connectivity index (χ0) is 17.5. The van der Waals surface area contributed by atoms with E-state index in [1.807, 2.05) is 30.3 Å². The lowest BCUT2D eigenvalue weighted by molar-refractivity contribution is 0.348. The summed E-state index contributed by atoms with van der Waals surface area (Å²) in [6.45, 7) is 2.87. The summed E-state index contributed by atoms with van der Waals surface area (Å²) in [6.07, 6.45) is 2.09. The molecule has 3 heterocycles. The minimum Gasteiger partial charge on any atom is -0.347 e. The van der Waals surface area contributed by atoms with Crippen LogP contribution in [-0.4, -0.2) is 30.1 Å². The lowest BCUT2D eigenvalue weighted by Gasteiger charge is -2.09. The standard InChI is InChI=1S/C19H16N6O/c1-12(11-25-9-8-13-4-2-3-5-17(13)25)19-20-18(23-26-19)14-6-7-15-16(10-14)22-24-21-15/h2-10,12H,11H2,1H3,(H,21,22,24)/t12-/m0/s1. The summed E-state index contributed by atoms with van der Waals surface area (Å²) < 4.78 is 7.73. The topological polar surface area (TPSA) is 85.4 Å².